The second-order valence-electron chi connectivity index (χ2n) is 3.89. The van der Waals surface area contributed by atoms with Gasteiger partial charge >= 0.3 is 0 Å². The summed E-state index contributed by atoms with van der Waals surface area (Å²) in [5.41, 5.74) is 5.63. The van der Waals surface area contributed by atoms with Crippen LogP contribution in [0.4, 0.5) is 15.9 Å². The number of hydrogen-bond donors (Lipinski definition) is 2. The maximum Gasteiger partial charge on any atom is 0.257 e. The summed E-state index contributed by atoms with van der Waals surface area (Å²) < 4.78 is 18.6. The van der Waals surface area contributed by atoms with Gasteiger partial charge in [0, 0.05) is 12.3 Å². The first-order chi connectivity index (χ1) is 9.51. The summed E-state index contributed by atoms with van der Waals surface area (Å²) in [6, 6.07) is 5.38. The van der Waals surface area contributed by atoms with Crippen LogP contribution in [0, 0.1) is 5.82 Å². The lowest BCUT2D eigenvalue weighted by molar-refractivity contribution is 0.102. The van der Waals surface area contributed by atoms with Gasteiger partial charge in [0.15, 0.2) is 0 Å². The van der Waals surface area contributed by atoms with Crippen molar-refractivity contribution in [2.45, 2.75) is 0 Å². The van der Waals surface area contributed by atoms with E-state index in [0.29, 0.717) is 5.75 Å². The third-order valence-corrected chi connectivity index (χ3v) is 2.86. The average molecular weight is 296 g/mol. The van der Waals surface area contributed by atoms with Crippen LogP contribution in [0.3, 0.4) is 0 Å². The Balaban J connectivity index is 2.25. The van der Waals surface area contributed by atoms with Crippen LogP contribution >= 0.6 is 11.6 Å². The van der Waals surface area contributed by atoms with Gasteiger partial charge in [0.1, 0.15) is 17.4 Å². The number of carbonyl (C=O) groups is 1. The number of amides is 1. The van der Waals surface area contributed by atoms with Crippen molar-refractivity contribution in [1.82, 2.24) is 4.98 Å². The molecule has 1 heterocycles. The van der Waals surface area contributed by atoms with Gasteiger partial charge in [-0.15, -0.1) is 0 Å². The van der Waals surface area contributed by atoms with Crippen LogP contribution in [-0.2, 0) is 0 Å². The topological polar surface area (TPSA) is 77.2 Å². The van der Waals surface area contributed by atoms with E-state index in [1.807, 2.05) is 0 Å². The molecule has 0 spiro atoms. The van der Waals surface area contributed by atoms with Crippen LogP contribution in [-0.4, -0.2) is 18.0 Å². The number of benzene rings is 1. The van der Waals surface area contributed by atoms with Crippen molar-refractivity contribution in [3.8, 4) is 5.75 Å². The van der Waals surface area contributed by atoms with Crippen molar-refractivity contribution in [3.63, 3.8) is 0 Å². The minimum Gasteiger partial charge on any atom is -0.497 e. The zero-order valence-corrected chi connectivity index (χ0v) is 11.2. The molecule has 5 nitrogen and oxygen atoms in total. The molecule has 0 unspecified atom stereocenters. The predicted molar refractivity (Wildman–Crippen MR) is 74.6 cm³/mol. The quantitative estimate of drug-likeness (QED) is 0.912. The molecule has 0 saturated heterocycles. The van der Waals surface area contributed by atoms with Crippen molar-refractivity contribution < 1.29 is 13.9 Å². The standard InChI is InChI=1S/C13H11ClFN3O2/c1-20-8-2-3-10(15)11(5-8)18-13(19)7-4-9(14)12(16)17-6-7/h2-6H,1H3,(H2,16,17)(H,18,19). The number of nitrogens with one attached hydrogen (secondary N) is 1. The Morgan fingerprint density at radius 1 is 1.45 bits per heavy atom. The number of nitrogens with zero attached hydrogens (tertiary/aromatic N) is 1. The fraction of sp³-hybridized carbons (Fsp3) is 0.0769. The SMILES string of the molecule is COc1ccc(F)c(NC(=O)c2cnc(N)c(Cl)c2)c1. The van der Waals surface area contributed by atoms with Crippen LogP contribution in [0.15, 0.2) is 30.5 Å². The Labute approximate surface area is 119 Å². The van der Waals surface area contributed by atoms with Gasteiger partial charge in [-0.1, -0.05) is 11.6 Å². The van der Waals surface area contributed by atoms with Gasteiger partial charge in [-0.2, -0.15) is 0 Å². The van der Waals surface area contributed by atoms with Crippen LogP contribution in [0.2, 0.25) is 5.02 Å². The highest BCUT2D eigenvalue weighted by atomic mass is 35.5. The number of aromatic nitrogens is 1. The Bertz CT molecular complexity index is 664. The molecule has 0 aliphatic carbocycles. The van der Waals surface area contributed by atoms with E-state index in [1.165, 1.54) is 37.6 Å². The minimum absolute atomic E-state index is 0.00213. The molecule has 0 fully saturated rings. The fourth-order valence-corrected chi connectivity index (χ4v) is 1.66. The van der Waals surface area contributed by atoms with Crippen molar-refractivity contribution in [2.75, 3.05) is 18.2 Å². The fourth-order valence-electron chi connectivity index (χ4n) is 1.49. The van der Waals surface area contributed by atoms with E-state index in [-0.39, 0.29) is 22.1 Å². The van der Waals surface area contributed by atoms with Crippen molar-refractivity contribution >= 4 is 29.0 Å². The van der Waals surface area contributed by atoms with Crippen molar-refractivity contribution in [1.29, 1.82) is 0 Å². The molecule has 0 aliphatic heterocycles. The summed E-state index contributed by atoms with van der Waals surface area (Å²) in [6.45, 7) is 0. The first-order valence-electron chi connectivity index (χ1n) is 5.57. The van der Waals surface area contributed by atoms with Crippen LogP contribution in [0.5, 0.6) is 5.75 Å². The molecule has 2 rings (SSSR count). The predicted octanol–water partition coefficient (Wildman–Crippen LogP) is 2.72. The van der Waals surface area contributed by atoms with E-state index in [9.17, 15) is 9.18 Å². The summed E-state index contributed by atoms with van der Waals surface area (Å²) in [5.74, 6) is -0.578. The molecule has 20 heavy (non-hydrogen) atoms. The zero-order chi connectivity index (χ0) is 14.7. The van der Waals surface area contributed by atoms with Crippen LogP contribution < -0.4 is 15.8 Å². The summed E-state index contributed by atoms with van der Waals surface area (Å²) in [5, 5.41) is 2.57. The number of nitrogen functional groups attached to an aromatic ring is 1. The molecular weight excluding hydrogens is 285 g/mol. The van der Waals surface area contributed by atoms with Crippen molar-refractivity contribution in [2.24, 2.45) is 0 Å². The van der Waals surface area contributed by atoms with E-state index in [2.05, 4.69) is 10.3 Å². The number of ether oxygens (including phenoxy) is 1. The third kappa shape index (κ3) is 2.97. The molecule has 7 heteroatoms. The highest BCUT2D eigenvalue weighted by molar-refractivity contribution is 6.33. The number of rotatable bonds is 3. The first kappa shape index (κ1) is 14.1. The molecule has 0 aliphatic rings. The molecule has 1 aromatic heterocycles. The molecule has 0 radical (unpaired) electrons. The molecule has 3 N–H and O–H groups in total. The largest absolute Gasteiger partial charge is 0.497 e. The maximum absolute atomic E-state index is 13.6. The number of hydrogen-bond acceptors (Lipinski definition) is 4. The summed E-state index contributed by atoms with van der Waals surface area (Å²) in [7, 11) is 1.45. The average Bonchev–Trinajstić information content (AvgIpc) is 2.44. The highest BCUT2D eigenvalue weighted by Gasteiger charge is 2.12. The van der Waals surface area contributed by atoms with Gasteiger partial charge in [-0.25, -0.2) is 9.37 Å². The summed E-state index contributed by atoms with van der Waals surface area (Å²) in [6.07, 6.45) is 1.26. The maximum atomic E-state index is 13.6. The lowest BCUT2D eigenvalue weighted by Gasteiger charge is -2.08. The number of methoxy groups -OCH3 is 1. The molecule has 1 amide bonds. The van der Waals surface area contributed by atoms with E-state index in [1.54, 1.807) is 0 Å². The number of carbonyl (C=O) groups excluding carboxylic acids is 1. The molecule has 1 aromatic carbocycles. The van der Waals surface area contributed by atoms with Gasteiger partial charge in [-0.3, -0.25) is 4.79 Å². The molecule has 0 saturated carbocycles. The number of halogens is 2. The Morgan fingerprint density at radius 2 is 2.20 bits per heavy atom. The smallest absolute Gasteiger partial charge is 0.257 e. The summed E-state index contributed by atoms with van der Waals surface area (Å²) >= 11 is 5.78. The van der Waals surface area contributed by atoms with E-state index >= 15 is 0 Å². The highest BCUT2D eigenvalue weighted by Crippen LogP contribution is 2.22. The zero-order valence-electron chi connectivity index (χ0n) is 10.5. The van der Waals surface area contributed by atoms with Gasteiger partial charge < -0.3 is 15.8 Å². The van der Waals surface area contributed by atoms with E-state index in [4.69, 9.17) is 22.1 Å². The van der Waals surface area contributed by atoms with Gasteiger partial charge in [-0.05, 0) is 18.2 Å². The Morgan fingerprint density at radius 3 is 2.85 bits per heavy atom. The molecule has 104 valence electrons. The molecule has 0 bridgehead atoms. The summed E-state index contributed by atoms with van der Waals surface area (Å²) in [4.78, 5) is 15.7. The van der Waals surface area contributed by atoms with Crippen LogP contribution in [0.25, 0.3) is 0 Å². The molecule has 2 aromatic rings. The second-order valence-corrected chi connectivity index (χ2v) is 4.30. The third-order valence-electron chi connectivity index (χ3n) is 2.55. The molecule has 0 atom stereocenters. The lowest BCUT2D eigenvalue weighted by atomic mass is 10.2. The van der Waals surface area contributed by atoms with Gasteiger partial charge in [0.05, 0.1) is 23.4 Å². The Hall–Kier alpha value is -2.34. The molecular formula is C13H11ClFN3O2. The van der Waals surface area contributed by atoms with Gasteiger partial charge in [0.2, 0.25) is 0 Å². The lowest BCUT2D eigenvalue weighted by Crippen LogP contribution is -2.13. The second kappa shape index (κ2) is 5.75. The Kier molecular flexibility index (Phi) is 4.05. The van der Waals surface area contributed by atoms with E-state index in [0.717, 1.165) is 0 Å². The number of nitrogens with two attached hydrogens (primary N) is 1. The normalized spacial score (nSPS) is 10.2. The number of anilines is 2. The monoisotopic (exact) mass is 295 g/mol. The van der Waals surface area contributed by atoms with Gasteiger partial charge in [0.25, 0.3) is 5.91 Å². The van der Waals surface area contributed by atoms with Crippen molar-refractivity contribution in [3.05, 3.63) is 46.9 Å². The minimum atomic E-state index is -0.575. The van der Waals surface area contributed by atoms with E-state index < -0.39 is 11.7 Å². The first-order valence-corrected chi connectivity index (χ1v) is 5.95. The number of pyridine rings is 1. The van der Waals surface area contributed by atoms with Crippen LogP contribution in [0.1, 0.15) is 10.4 Å².